The second kappa shape index (κ2) is 5.55. The summed E-state index contributed by atoms with van der Waals surface area (Å²) in [6.07, 6.45) is 2.96. The van der Waals surface area contributed by atoms with Gasteiger partial charge in [-0.1, -0.05) is 11.2 Å². The van der Waals surface area contributed by atoms with Gasteiger partial charge in [-0.3, -0.25) is 0 Å². The number of nitrogens with zero attached hydrogens (tertiary/aromatic N) is 3. The van der Waals surface area contributed by atoms with Crippen molar-refractivity contribution in [3.05, 3.63) is 40.0 Å². The van der Waals surface area contributed by atoms with Gasteiger partial charge in [0.2, 0.25) is 0 Å². The Balaban J connectivity index is 1.96. The SMILES string of the molecule is [N-]=[N+]=NCCc1ccc(F)c(OCC2CC2)c1. The molecule has 17 heavy (non-hydrogen) atoms. The summed E-state index contributed by atoms with van der Waals surface area (Å²) in [6.45, 7) is 0.973. The van der Waals surface area contributed by atoms with Crippen LogP contribution in [0.1, 0.15) is 18.4 Å². The highest BCUT2D eigenvalue weighted by Crippen LogP contribution is 2.30. The third-order valence-electron chi connectivity index (χ3n) is 2.73. The maximum absolute atomic E-state index is 13.4. The standard InChI is InChI=1S/C12H14FN3O/c13-11-4-3-9(5-6-15-16-14)7-12(11)17-8-10-1-2-10/h3-4,7,10H,1-2,5-6,8H2. The third kappa shape index (κ3) is 3.64. The fourth-order valence-electron chi connectivity index (χ4n) is 1.53. The van der Waals surface area contributed by atoms with E-state index >= 15 is 0 Å². The molecule has 0 bridgehead atoms. The molecule has 1 aromatic rings. The van der Waals surface area contributed by atoms with E-state index in [0.717, 1.165) is 5.56 Å². The van der Waals surface area contributed by atoms with E-state index in [1.807, 2.05) is 0 Å². The number of halogens is 1. The monoisotopic (exact) mass is 235 g/mol. The zero-order chi connectivity index (χ0) is 12.1. The van der Waals surface area contributed by atoms with E-state index in [4.69, 9.17) is 10.3 Å². The molecule has 0 spiro atoms. The minimum atomic E-state index is -0.335. The molecule has 0 heterocycles. The van der Waals surface area contributed by atoms with Crippen molar-refractivity contribution in [2.75, 3.05) is 13.2 Å². The molecule has 0 radical (unpaired) electrons. The van der Waals surface area contributed by atoms with Gasteiger partial charge in [-0.2, -0.15) is 0 Å². The smallest absolute Gasteiger partial charge is 0.165 e. The van der Waals surface area contributed by atoms with Gasteiger partial charge in [0.25, 0.3) is 0 Å². The molecule has 0 aromatic heterocycles. The number of hydrogen-bond acceptors (Lipinski definition) is 2. The predicted octanol–water partition coefficient (Wildman–Crippen LogP) is 3.47. The van der Waals surface area contributed by atoms with E-state index in [9.17, 15) is 4.39 Å². The topological polar surface area (TPSA) is 58.0 Å². The van der Waals surface area contributed by atoms with E-state index in [1.165, 1.54) is 18.9 Å². The van der Waals surface area contributed by atoms with Crippen LogP contribution in [0.2, 0.25) is 0 Å². The molecule has 5 heteroatoms. The van der Waals surface area contributed by atoms with Crippen molar-refractivity contribution in [1.29, 1.82) is 0 Å². The van der Waals surface area contributed by atoms with Gasteiger partial charge >= 0.3 is 0 Å². The van der Waals surface area contributed by atoms with Crippen LogP contribution in [0, 0.1) is 11.7 Å². The van der Waals surface area contributed by atoms with Crippen LogP contribution < -0.4 is 4.74 Å². The highest BCUT2D eigenvalue weighted by Gasteiger charge is 2.22. The van der Waals surface area contributed by atoms with Crippen molar-refractivity contribution in [2.24, 2.45) is 11.0 Å². The predicted molar refractivity (Wildman–Crippen MR) is 62.3 cm³/mol. The maximum Gasteiger partial charge on any atom is 0.165 e. The summed E-state index contributed by atoms with van der Waals surface area (Å²) in [5.41, 5.74) is 9.09. The Morgan fingerprint density at radius 1 is 1.47 bits per heavy atom. The Hall–Kier alpha value is -1.74. The average molecular weight is 235 g/mol. The lowest BCUT2D eigenvalue weighted by Crippen LogP contribution is -2.01. The van der Waals surface area contributed by atoms with Crippen molar-refractivity contribution < 1.29 is 9.13 Å². The van der Waals surface area contributed by atoms with Crippen LogP contribution in [0.15, 0.2) is 23.3 Å². The van der Waals surface area contributed by atoms with Gasteiger partial charge in [0.15, 0.2) is 11.6 Å². The molecule has 1 saturated carbocycles. The Labute approximate surface area is 99.0 Å². The Bertz CT molecular complexity index is 439. The molecule has 0 N–H and O–H groups in total. The molecule has 4 nitrogen and oxygen atoms in total. The van der Waals surface area contributed by atoms with Crippen LogP contribution >= 0.6 is 0 Å². The number of rotatable bonds is 6. The molecule has 1 aromatic carbocycles. The van der Waals surface area contributed by atoms with E-state index in [2.05, 4.69) is 10.0 Å². The Morgan fingerprint density at radius 3 is 3.00 bits per heavy atom. The van der Waals surface area contributed by atoms with Gasteiger partial charge in [0.1, 0.15) is 0 Å². The quantitative estimate of drug-likeness (QED) is 0.423. The molecule has 0 atom stereocenters. The minimum Gasteiger partial charge on any atom is -0.490 e. The summed E-state index contributed by atoms with van der Waals surface area (Å²) < 4.78 is 18.9. The molecule has 2 rings (SSSR count). The van der Waals surface area contributed by atoms with E-state index in [1.54, 1.807) is 12.1 Å². The van der Waals surface area contributed by atoms with Crippen LogP contribution in [-0.4, -0.2) is 13.2 Å². The second-order valence-corrected chi connectivity index (χ2v) is 4.22. The van der Waals surface area contributed by atoms with Crippen LogP contribution in [0.25, 0.3) is 10.4 Å². The summed E-state index contributed by atoms with van der Waals surface area (Å²) in [5, 5.41) is 3.45. The molecule has 0 unspecified atom stereocenters. The fourth-order valence-corrected chi connectivity index (χ4v) is 1.53. The molecule has 0 saturated heterocycles. The first-order chi connectivity index (χ1) is 8.29. The molecule has 0 aliphatic heterocycles. The largest absolute Gasteiger partial charge is 0.490 e. The minimum absolute atomic E-state index is 0.301. The highest BCUT2D eigenvalue weighted by atomic mass is 19.1. The number of ether oxygens (including phenoxy) is 1. The van der Waals surface area contributed by atoms with Gasteiger partial charge in [-0.05, 0) is 48.4 Å². The van der Waals surface area contributed by atoms with Crippen molar-refractivity contribution in [3.8, 4) is 5.75 Å². The highest BCUT2D eigenvalue weighted by molar-refractivity contribution is 5.30. The van der Waals surface area contributed by atoms with E-state index in [-0.39, 0.29) is 5.82 Å². The third-order valence-corrected chi connectivity index (χ3v) is 2.73. The Kier molecular flexibility index (Phi) is 3.83. The summed E-state index contributed by atoms with van der Waals surface area (Å²) in [7, 11) is 0. The van der Waals surface area contributed by atoms with Gasteiger partial charge in [0, 0.05) is 11.5 Å². The first-order valence-electron chi connectivity index (χ1n) is 5.71. The van der Waals surface area contributed by atoms with Crippen molar-refractivity contribution in [3.63, 3.8) is 0 Å². The molecular formula is C12H14FN3O. The normalized spacial score (nSPS) is 14.2. The van der Waals surface area contributed by atoms with Gasteiger partial charge < -0.3 is 4.74 Å². The lowest BCUT2D eigenvalue weighted by atomic mass is 10.1. The van der Waals surface area contributed by atoms with Crippen LogP contribution in [0.4, 0.5) is 4.39 Å². The first-order valence-corrected chi connectivity index (χ1v) is 5.71. The molecule has 1 aliphatic rings. The van der Waals surface area contributed by atoms with Crippen LogP contribution in [0.3, 0.4) is 0 Å². The lowest BCUT2D eigenvalue weighted by molar-refractivity contribution is 0.285. The van der Waals surface area contributed by atoms with Crippen molar-refractivity contribution in [2.45, 2.75) is 19.3 Å². The zero-order valence-electron chi connectivity index (χ0n) is 9.47. The zero-order valence-corrected chi connectivity index (χ0v) is 9.47. The van der Waals surface area contributed by atoms with E-state index < -0.39 is 0 Å². The maximum atomic E-state index is 13.4. The van der Waals surface area contributed by atoms with Crippen LogP contribution in [0.5, 0.6) is 5.75 Å². The van der Waals surface area contributed by atoms with Crippen LogP contribution in [-0.2, 0) is 6.42 Å². The molecule has 1 aliphatic carbocycles. The van der Waals surface area contributed by atoms with Crippen molar-refractivity contribution >= 4 is 0 Å². The number of azide groups is 1. The van der Waals surface area contributed by atoms with Crippen molar-refractivity contribution in [1.82, 2.24) is 0 Å². The summed E-state index contributed by atoms with van der Waals surface area (Å²) >= 11 is 0. The number of hydrogen-bond donors (Lipinski definition) is 0. The van der Waals surface area contributed by atoms with Gasteiger partial charge in [-0.25, -0.2) is 4.39 Å². The fraction of sp³-hybridized carbons (Fsp3) is 0.500. The lowest BCUT2D eigenvalue weighted by Gasteiger charge is -2.08. The average Bonchev–Trinajstić information content (AvgIpc) is 3.14. The molecule has 1 fully saturated rings. The Morgan fingerprint density at radius 2 is 2.29 bits per heavy atom. The summed E-state index contributed by atoms with van der Waals surface area (Å²) in [5.74, 6) is 0.565. The molecule has 0 amide bonds. The molecule has 90 valence electrons. The van der Waals surface area contributed by atoms with Gasteiger partial charge in [0.05, 0.1) is 6.61 Å². The number of benzene rings is 1. The summed E-state index contributed by atoms with van der Waals surface area (Å²) in [6, 6.07) is 4.77. The first kappa shape index (κ1) is 11.7. The second-order valence-electron chi connectivity index (χ2n) is 4.22. The molecular weight excluding hydrogens is 221 g/mol. The van der Waals surface area contributed by atoms with Gasteiger partial charge in [-0.15, -0.1) is 0 Å². The summed E-state index contributed by atoms with van der Waals surface area (Å²) in [4.78, 5) is 2.68. The van der Waals surface area contributed by atoms with E-state index in [0.29, 0.717) is 31.2 Å².